The van der Waals surface area contributed by atoms with Gasteiger partial charge in [-0.25, -0.2) is 0 Å². The molecule has 1 aromatic heterocycles. The van der Waals surface area contributed by atoms with Crippen LogP contribution >= 0.6 is 0 Å². The lowest BCUT2D eigenvalue weighted by atomic mass is 10.2. The number of likely N-dealkylation sites (N-methyl/N-ethyl adjacent to an activating group) is 1. The Balaban J connectivity index is 2.32. The lowest BCUT2D eigenvalue weighted by molar-refractivity contribution is -0.140. The third-order valence-electron chi connectivity index (χ3n) is 2.91. The van der Waals surface area contributed by atoms with Crippen LogP contribution in [0.1, 0.15) is 19.0 Å². The van der Waals surface area contributed by atoms with Crippen LogP contribution in [0.4, 0.5) is 0 Å². The molecule has 0 amide bonds. The van der Waals surface area contributed by atoms with Gasteiger partial charge >= 0.3 is 5.97 Å². The van der Waals surface area contributed by atoms with E-state index in [-0.39, 0.29) is 5.97 Å². The molecule has 0 bridgehead atoms. The van der Waals surface area contributed by atoms with Crippen LogP contribution in [0.3, 0.4) is 0 Å². The quantitative estimate of drug-likeness (QED) is 0.662. The highest BCUT2D eigenvalue weighted by Crippen LogP contribution is 2.01. The molecular formula is C12H21N3O2. The molecule has 0 spiro atoms. The second-order valence-corrected chi connectivity index (χ2v) is 3.96. The van der Waals surface area contributed by atoms with E-state index in [1.165, 1.54) is 12.8 Å². The highest BCUT2D eigenvalue weighted by molar-refractivity contribution is 5.69. The van der Waals surface area contributed by atoms with Gasteiger partial charge in [-0.15, -0.1) is 0 Å². The molecule has 0 aliphatic carbocycles. The molecule has 17 heavy (non-hydrogen) atoms. The monoisotopic (exact) mass is 239 g/mol. The second-order valence-electron chi connectivity index (χ2n) is 3.96. The zero-order valence-electron chi connectivity index (χ0n) is 10.8. The van der Waals surface area contributed by atoms with Crippen LogP contribution in [0.15, 0.2) is 12.3 Å². The van der Waals surface area contributed by atoms with Gasteiger partial charge in [0.2, 0.25) is 0 Å². The molecule has 0 saturated heterocycles. The summed E-state index contributed by atoms with van der Waals surface area (Å²) in [6.45, 7) is 4.73. The van der Waals surface area contributed by atoms with Gasteiger partial charge in [0.15, 0.2) is 0 Å². The maximum Gasteiger partial charge on any atom is 0.306 e. The first-order valence-electron chi connectivity index (χ1n) is 5.93. The summed E-state index contributed by atoms with van der Waals surface area (Å²) in [6, 6.07) is 2.02. The minimum Gasteiger partial charge on any atom is -0.469 e. The molecule has 1 rings (SSSR count). The highest BCUT2D eigenvalue weighted by Gasteiger charge is 2.07. The topological polar surface area (TPSA) is 47.4 Å². The van der Waals surface area contributed by atoms with Crippen molar-refractivity contribution in [3.63, 3.8) is 0 Å². The average molecular weight is 239 g/mol. The smallest absolute Gasteiger partial charge is 0.306 e. The fourth-order valence-corrected chi connectivity index (χ4v) is 1.70. The summed E-state index contributed by atoms with van der Waals surface area (Å²) in [5.41, 5.74) is 1.21. The third kappa shape index (κ3) is 4.56. The number of nitrogens with zero attached hydrogens (tertiary/aromatic N) is 3. The number of esters is 1. The molecule has 0 aromatic carbocycles. The van der Waals surface area contributed by atoms with Gasteiger partial charge in [0, 0.05) is 38.4 Å². The predicted molar refractivity (Wildman–Crippen MR) is 65.7 cm³/mol. The molecule has 5 nitrogen and oxygen atoms in total. The Kier molecular flexibility index (Phi) is 5.69. The van der Waals surface area contributed by atoms with Crippen molar-refractivity contribution >= 4 is 5.97 Å². The van der Waals surface area contributed by atoms with Crippen molar-refractivity contribution in [2.24, 2.45) is 7.05 Å². The SMILES string of the molecule is CCN(CCC(=O)OC)CCc1ccnn1C. The number of ether oxygens (including phenoxy) is 1. The van der Waals surface area contributed by atoms with Crippen molar-refractivity contribution in [2.45, 2.75) is 19.8 Å². The molecule has 0 fully saturated rings. The Bertz CT molecular complexity index is 349. The standard InChI is InChI=1S/C12H21N3O2/c1-4-15(10-7-12(16)17-3)9-6-11-5-8-13-14(11)2/h5,8H,4,6-7,9-10H2,1-3H3. The summed E-state index contributed by atoms with van der Waals surface area (Å²) in [7, 11) is 3.37. The lowest BCUT2D eigenvalue weighted by Crippen LogP contribution is -2.29. The molecule has 0 unspecified atom stereocenters. The van der Waals surface area contributed by atoms with Crippen LogP contribution in [0, 0.1) is 0 Å². The Morgan fingerprint density at radius 1 is 1.53 bits per heavy atom. The van der Waals surface area contributed by atoms with Crippen LogP contribution in [-0.4, -0.2) is 47.4 Å². The van der Waals surface area contributed by atoms with Crippen LogP contribution in [0.2, 0.25) is 0 Å². The fourth-order valence-electron chi connectivity index (χ4n) is 1.70. The summed E-state index contributed by atoms with van der Waals surface area (Å²) in [6.07, 6.45) is 3.21. The van der Waals surface area contributed by atoms with Crippen molar-refractivity contribution in [1.82, 2.24) is 14.7 Å². The molecule has 0 saturated carbocycles. The molecule has 0 radical (unpaired) electrons. The van der Waals surface area contributed by atoms with Crippen molar-refractivity contribution in [3.8, 4) is 0 Å². The molecule has 0 atom stereocenters. The van der Waals surface area contributed by atoms with Gasteiger partial charge in [0.1, 0.15) is 0 Å². The third-order valence-corrected chi connectivity index (χ3v) is 2.91. The summed E-state index contributed by atoms with van der Waals surface area (Å²) in [4.78, 5) is 13.3. The summed E-state index contributed by atoms with van der Waals surface area (Å²) in [5.74, 6) is -0.149. The first-order valence-corrected chi connectivity index (χ1v) is 5.93. The minimum atomic E-state index is -0.149. The van der Waals surface area contributed by atoms with Crippen LogP contribution in [0.5, 0.6) is 0 Å². The normalized spacial score (nSPS) is 10.8. The van der Waals surface area contributed by atoms with Crippen molar-refractivity contribution in [2.75, 3.05) is 26.7 Å². The number of hydrogen-bond donors (Lipinski definition) is 0. The van der Waals surface area contributed by atoms with E-state index in [4.69, 9.17) is 0 Å². The first-order chi connectivity index (χ1) is 8.17. The Morgan fingerprint density at radius 3 is 2.82 bits per heavy atom. The number of aryl methyl sites for hydroxylation is 1. The molecule has 1 aromatic rings. The number of hydrogen-bond acceptors (Lipinski definition) is 4. The number of methoxy groups -OCH3 is 1. The van der Waals surface area contributed by atoms with Gasteiger partial charge in [-0.2, -0.15) is 5.10 Å². The lowest BCUT2D eigenvalue weighted by Gasteiger charge is -2.19. The number of rotatable bonds is 7. The second kappa shape index (κ2) is 7.06. The van der Waals surface area contributed by atoms with Crippen LogP contribution in [-0.2, 0) is 23.0 Å². The summed E-state index contributed by atoms with van der Waals surface area (Å²) >= 11 is 0. The Hall–Kier alpha value is -1.36. The Morgan fingerprint density at radius 2 is 2.29 bits per heavy atom. The van der Waals surface area contributed by atoms with Crippen LogP contribution < -0.4 is 0 Å². The highest BCUT2D eigenvalue weighted by atomic mass is 16.5. The van der Waals surface area contributed by atoms with E-state index in [2.05, 4.69) is 21.7 Å². The first kappa shape index (κ1) is 13.7. The molecule has 0 aliphatic heterocycles. The van der Waals surface area contributed by atoms with E-state index in [0.717, 1.165) is 26.1 Å². The zero-order chi connectivity index (χ0) is 12.7. The molecular weight excluding hydrogens is 218 g/mol. The maximum atomic E-state index is 11.1. The van der Waals surface area contributed by atoms with E-state index in [1.54, 1.807) is 6.20 Å². The molecule has 96 valence electrons. The molecule has 5 heteroatoms. The Labute approximate surface area is 102 Å². The van der Waals surface area contributed by atoms with Gasteiger partial charge in [-0.05, 0) is 12.6 Å². The van der Waals surface area contributed by atoms with Gasteiger partial charge in [-0.3, -0.25) is 9.48 Å². The molecule has 1 heterocycles. The van der Waals surface area contributed by atoms with Gasteiger partial charge in [-0.1, -0.05) is 6.92 Å². The number of carbonyl (C=O) groups is 1. The molecule has 0 aliphatic rings. The van der Waals surface area contributed by atoms with E-state index in [0.29, 0.717) is 6.42 Å². The van der Waals surface area contributed by atoms with Crippen molar-refractivity contribution in [3.05, 3.63) is 18.0 Å². The number of carbonyl (C=O) groups excluding carboxylic acids is 1. The van der Waals surface area contributed by atoms with Gasteiger partial charge in [0.25, 0.3) is 0 Å². The van der Waals surface area contributed by atoms with Crippen LogP contribution in [0.25, 0.3) is 0 Å². The predicted octanol–water partition coefficient (Wildman–Crippen LogP) is 0.848. The van der Waals surface area contributed by atoms with Gasteiger partial charge < -0.3 is 9.64 Å². The minimum absolute atomic E-state index is 0.149. The van der Waals surface area contributed by atoms with Crippen molar-refractivity contribution < 1.29 is 9.53 Å². The van der Waals surface area contributed by atoms with Gasteiger partial charge in [0.05, 0.1) is 13.5 Å². The van der Waals surface area contributed by atoms with Crippen molar-refractivity contribution in [1.29, 1.82) is 0 Å². The molecule has 0 N–H and O–H groups in total. The average Bonchev–Trinajstić information content (AvgIpc) is 2.75. The largest absolute Gasteiger partial charge is 0.469 e. The fraction of sp³-hybridized carbons (Fsp3) is 0.667. The zero-order valence-corrected chi connectivity index (χ0v) is 10.8. The van der Waals surface area contributed by atoms with E-state index in [9.17, 15) is 4.79 Å². The van der Waals surface area contributed by atoms with E-state index >= 15 is 0 Å². The maximum absolute atomic E-state index is 11.1. The summed E-state index contributed by atoms with van der Waals surface area (Å²) in [5, 5.41) is 4.13. The summed E-state index contributed by atoms with van der Waals surface area (Å²) < 4.78 is 6.52. The number of aromatic nitrogens is 2. The van der Waals surface area contributed by atoms with E-state index in [1.807, 2.05) is 17.8 Å². The van der Waals surface area contributed by atoms with E-state index < -0.39 is 0 Å².